The van der Waals surface area contributed by atoms with Crippen molar-refractivity contribution in [2.24, 2.45) is 0 Å². The van der Waals surface area contributed by atoms with E-state index in [4.69, 9.17) is 5.73 Å². The van der Waals surface area contributed by atoms with Gasteiger partial charge >= 0.3 is 0 Å². The molecule has 0 amide bonds. The Hall–Kier alpha value is -1.83. The van der Waals surface area contributed by atoms with Crippen LogP contribution in [0.4, 0.5) is 5.69 Å². The molecule has 0 aliphatic carbocycles. The van der Waals surface area contributed by atoms with Gasteiger partial charge in [0.2, 0.25) is 0 Å². The molecule has 2 N–H and O–H groups in total. The summed E-state index contributed by atoms with van der Waals surface area (Å²) in [6.45, 7) is 4.19. The van der Waals surface area contributed by atoms with Gasteiger partial charge in [-0.1, -0.05) is 18.2 Å². The SMILES string of the molecule is Cc1cccc(-c2ncccc2N)c1C. The lowest BCUT2D eigenvalue weighted by atomic mass is 10.00. The molecule has 2 rings (SSSR count). The molecular weight excluding hydrogens is 184 g/mol. The minimum Gasteiger partial charge on any atom is -0.397 e. The van der Waals surface area contributed by atoms with Crippen molar-refractivity contribution in [2.75, 3.05) is 5.73 Å². The Morgan fingerprint density at radius 3 is 2.60 bits per heavy atom. The minimum atomic E-state index is 0.728. The monoisotopic (exact) mass is 198 g/mol. The molecule has 0 bridgehead atoms. The molecule has 2 nitrogen and oxygen atoms in total. The molecule has 76 valence electrons. The van der Waals surface area contributed by atoms with E-state index in [-0.39, 0.29) is 0 Å². The number of nitrogen functional groups attached to an aromatic ring is 1. The van der Waals surface area contributed by atoms with Gasteiger partial charge in [-0.05, 0) is 37.1 Å². The first kappa shape index (κ1) is 9.71. The molecule has 0 atom stereocenters. The zero-order valence-corrected chi connectivity index (χ0v) is 8.99. The second-order valence-corrected chi connectivity index (χ2v) is 3.69. The summed E-state index contributed by atoms with van der Waals surface area (Å²) in [5.41, 5.74) is 11.1. The highest BCUT2D eigenvalue weighted by molar-refractivity contribution is 5.75. The van der Waals surface area contributed by atoms with E-state index in [0.717, 1.165) is 16.9 Å². The van der Waals surface area contributed by atoms with Crippen LogP contribution < -0.4 is 5.73 Å². The minimum absolute atomic E-state index is 0.728. The quantitative estimate of drug-likeness (QED) is 0.765. The fourth-order valence-corrected chi connectivity index (χ4v) is 1.65. The van der Waals surface area contributed by atoms with Crippen molar-refractivity contribution in [3.63, 3.8) is 0 Å². The van der Waals surface area contributed by atoms with Crippen LogP contribution in [0.25, 0.3) is 11.3 Å². The van der Waals surface area contributed by atoms with Crippen LogP contribution in [0.2, 0.25) is 0 Å². The lowest BCUT2D eigenvalue weighted by Gasteiger charge is -2.09. The third kappa shape index (κ3) is 1.71. The second kappa shape index (κ2) is 3.73. The van der Waals surface area contributed by atoms with Gasteiger partial charge in [0.1, 0.15) is 0 Å². The molecule has 0 unspecified atom stereocenters. The summed E-state index contributed by atoms with van der Waals surface area (Å²) in [7, 11) is 0. The normalized spacial score (nSPS) is 10.3. The molecule has 0 saturated carbocycles. The molecule has 1 heterocycles. The molecule has 0 aliphatic rings. The Labute approximate surface area is 89.8 Å². The summed E-state index contributed by atoms with van der Waals surface area (Å²) in [4.78, 5) is 4.33. The van der Waals surface area contributed by atoms with Gasteiger partial charge in [0.15, 0.2) is 0 Å². The molecule has 0 saturated heterocycles. The van der Waals surface area contributed by atoms with E-state index in [0.29, 0.717) is 0 Å². The first-order chi connectivity index (χ1) is 7.20. The first-order valence-electron chi connectivity index (χ1n) is 4.97. The number of rotatable bonds is 1. The van der Waals surface area contributed by atoms with Crippen molar-refractivity contribution in [2.45, 2.75) is 13.8 Å². The van der Waals surface area contributed by atoms with Gasteiger partial charge in [-0.15, -0.1) is 0 Å². The van der Waals surface area contributed by atoms with Crippen LogP contribution in [0.1, 0.15) is 11.1 Å². The van der Waals surface area contributed by atoms with Gasteiger partial charge in [0, 0.05) is 11.8 Å². The van der Waals surface area contributed by atoms with Crippen molar-refractivity contribution < 1.29 is 0 Å². The number of aromatic nitrogens is 1. The van der Waals surface area contributed by atoms with Gasteiger partial charge in [-0.2, -0.15) is 0 Å². The van der Waals surface area contributed by atoms with Crippen LogP contribution in [0.3, 0.4) is 0 Å². The van der Waals surface area contributed by atoms with E-state index >= 15 is 0 Å². The predicted molar refractivity (Wildman–Crippen MR) is 63.6 cm³/mol. The van der Waals surface area contributed by atoms with E-state index in [1.807, 2.05) is 18.2 Å². The molecule has 0 fully saturated rings. The predicted octanol–water partition coefficient (Wildman–Crippen LogP) is 2.95. The maximum absolute atomic E-state index is 5.91. The van der Waals surface area contributed by atoms with E-state index in [9.17, 15) is 0 Å². The van der Waals surface area contributed by atoms with Crippen LogP contribution in [-0.4, -0.2) is 4.98 Å². The number of hydrogen-bond acceptors (Lipinski definition) is 2. The largest absolute Gasteiger partial charge is 0.397 e. The third-order valence-corrected chi connectivity index (χ3v) is 2.70. The Kier molecular flexibility index (Phi) is 2.42. The lowest BCUT2D eigenvalue weighted by Crippen LogP contribution is -1.95. The zero-order chi connectivity index (χ0) is 10.8. The van der Waals surface area contributed by atoms with Gasteiger partial charge in [-0.3, -0.25) is 4.98 Å². The number of pyridine rings is 1. The molecular formula is C13H14N2. The standard InChI is InChI=1S/C13H14N2/c1-9-5-3-6-11(10(9)2)13-12(14)7-4-8-15-13/h3-8H,14H2,1-2H3. The molecule has 15 heavy (non-hydrogen) atoms. The van der Waals surface area contributed by atoms with Crippen molar-refractivity contribution in [3.8, 4) is 11.3 Å². The van der Waals surface area contributed by atoms with Crippen molar-refractivity contribution in [1.82, 2.24) is 4.98 Å². The number of aryl methyl sites for hydroxylation is 1. The fourth-order valence-electron chi connectivity index (χ4n) is 1.65. The smallest absolute Gasteiger partial charge is 0.0933 e. The van der Waals surface area contributed by atoms with Crippen LogP contribution in [0.15, 0.2) is 36.5 Å². The molecule has 2 heteroatoms. The number of nitrogens with zero attached hydrogens (tertiary/aromatic N) is 1. The van der Waals surface area contributed by atoms with Crippen LogP contribution in [0.5, 0.6) is 0 Å². The van der Waals surface area contributed by atoms with E-state index in [1.165, 1.54) is 11.1 Å². The van der Waals surface area contributed by atoms with Crippen molar-refractivity contribution >= 4 is 5.69 Å². The highest BCUT2D eigenvalue weighted by Crippen LogP contribution is 2.27. The first-order valence-corrected chi connectivity index (χ1v) is 4.97. The maximum atomic E-state index is 5.91. The average molecular weight is 198 g/mol. The summed E-state index contributed by atoms with van der Waals surface area (Å²) in [6, 6.07) is 9.92. The van der Waals surface area contributed by atoms with E-state index in [2.05, 4.69) is 31.0 Å². The second-order valence-electron chi connectivity index (χ2n) is 3.69. The Balaban J connectivity index is 2.65. The molecule has 1 aromatic carbocycles. The molecule has 0 aliphatic heterocycles. The van der Waals surface area contributed by atoms with Gasteiger partial charge in [-0.25, -0.2) is 0 Å². The summed E-state index contributed by atoms with van der Waals surface area (Å²) in [6.07, 6.45) is 1.77. The number of anilines is 1. The zero-order valence-electron chi connectivity index (χ0n) is 8.99. The van der Waals surface area contributed by atoms with Crippen LogP contribution in [0, 0.1) is 13.8 Å². The molecule has 0 spiro atoms. The Morgan fingerprint density at radius 1 is 1.07 bits per heavy atom. The van der Waals surface area contributed by atoms with E-state index < -0.39 is 0 Å². The summed E-state index contributed by atoms with van der Waals surface area (Å²) in [5, 5.41) is 0. The fraction of sp³-hybridized carbons (Fsp3) is 0.154. The summed E-state index contributed by atoms with van der Waals surface area (Å²) in [5.74, 6) is 0. The number of nitrogens with two attached hydrogens (primary N) is 1. The molecule has 2 aromatic rings. The summed E-state index contributed by atoms with van der Waals surface area (Å²) < 4.78 is 0. The molecule has 1 aromatic heterocycles. The highest BCUT2D eigenvalue weighted by atomic mass is 14.7. The van der Waals surface area contributed by atoms with Crippen LogP contribution in [-0.2, 0) is 0 Å². The third-order valence-electron chi connectivity index (χ3n) is 2.70. The molecule has 0 radical (unpaired) electrons. The highest BCUT2D eigenvalue weighted by Gasteiger charge is 2.07. The average Bonchev–Trinajstić information content (AvgIpc) is 2.23. The number of benzene rings is 1. The topological polar surface area (TPSA) is 38.9 Å². The maximum Gasteiger partial charge on any atom is 0.0933 e. The van der Waals surface area contributed by atoms with Gasteiger partial charge < -0.3 is 5.73 Å². The Morgan fingerprint density at radius 2 is 1.87 bits per heavy atom. The van der Waals surface area contributed by atoms with Gasteiger partial charge in [0.05, 0.1) is 11.4 Å². The van der Waals surface area contributed by atoms with E-state index in [1.54, 1.807) is 6.20 Å². The summed E-state index contributed by atoms with van der Waals surface area (Å²) >= 11 is 0. The van der Waals surface area contributed by atoms with Crippen molar-refractivity contribution in [1.29, 1.82) is 0 Å². The number of hydrogen-bond donors (Lipinski definition) is 1. The van der Waals surface area contributed by atoms with Crippen LogP contribution >= 0.6 is 0 Å². The lowest BCUT2D eigenvalue weighted by molar-refractivity contribution is 1.28. The Bertz CT molecular complexity index is 490. The van der Waals surface area contributed by atoms with Gasteiger partial charge in [0.25, 0.3) is 0 Å². The van der Waals surface area contributed by atoms with Crippen molar-refractivity contribution in [3.05, 3.63) is 47.7 Å².